The van der Waals surface area contributed by atoms with Gasteiger partial charge in [-0.1, -0.05) is 19.8 Å². The van der Waals surface area contributed by atoms with Crippen LogP contribution in [0.15, 0.2) is 0 Å². The van der Waals surface area contributed by atoms with Gasteiger partial charge in [0.1, 0.15) is 0 Å². The number of piperidine rings is 1. The van der Waals surface area contributed by atoms with Crippen LogP contribution < -0.4 is 0 Å². The van der Waals surface area contributed by atoms with Crippen molar-refractivity contribution < 1.29 is 9.53 Å². The number of nitrogens with zero attached hydrogens (tertiary/aromatic N) is 1. The zero-order chi connectivity index (χ0) is 15.0. The molecule has 0 radical (unpaired) electrons. The molecule has 3 aliphatic rings. The predicted octanol–water partition coefficient (Wildman–Crippen LogP) is 3.47. The number of fused-ring (bicyclic) bond motifs is 2. The van der Waals surface area contributed by atoms with Crippen molar-refractivity contribution in [2.24, 2.45) is 23.7 Å². The van der Waals surface area contributed by atoms with Crippen LogP contribution in [-0.4, -0.2) is 37.1 Å². The standard InChI is InChI=1S/C18H31NO2/c1-12-4-6-13(7-5-12)15-10-14-8-9-17(19(14)2)16(15)11-18(20)21-3/h12-17H,4-11H2,1-3H3. The molecule has 120 valence electrons. The molecule has 2 saturated heterocycles. The van der Waals surface area contributed by atoms with Gasteiger partial charge in [0, 0.05) is 12.1 Å². The van der Waals surface area contributed by atoms with Gasteiger partial charge < -0.3 is 9.64 Å². The highest BCUT2D eigenvalue weighted by atomic mass is 16.5. The Hall–Kier alpha value is -0.570. The summed E-state index contributed by atoms with van der Waals surface area (Å²) in [5.74, 6) is 3.04. The van der Waals surface area contributed by atoms with Gasteiger partial charge in [-0.05, 0) is 62.8 Å². The number of carbonyl (C=O) groups excluding carboxylic acids is 1. The molecule has 0 aromatic heterocycles. The summed E-state index contributed by atoms with van der Waals surface area (Å²) in [5.41, 5.74) is 0. The Bertz CT molecular complexity index is 375. The second-order valence-electron chi connectivity index (χ2n) is 7.83. The van der Waals surface area contributed by atoms with E-state index in [1.54, 1.807) is 0 Å². The van der Waals surface area contributed by atoms with E-state index < -0.39 is 0 Å². The summed E-state index contributed by atoms with van der Waals surface area (Å²) in [6.45, 7) is 2.39. The first-order chi connectivity index (χ1) is 10.1. The molecular formula is C18H31NO2. The number of esters is 1. The lowest BCUT2D eigenvalue weighted by Crippen LogP contribution is -2.49. The Balaban J connectivity index is 1.74. The normalized spacial score (nSPS) is 43.8. The molecular weight excluding hydrogens is 262 g/mol. The van der Waals surface area contributed by atoms with Gasteiger partial charge in [-0.15, -0.1) is 0 Å². The Morgan fingerprint density at radius 2 is 1.86 bits per heavy atom. The number of hydrogen-bond acceptors (Lipinski definition) is 3. The van der Waals surface area contributed by atoms with Crippen molar-refractivity contribution in [1.29, 1.82) is 0 Å². The highest BCUT2D eigenvalue weighted by Crippen LogP contribution is 2.49. The van der Waals surface area contributed by atoms with Crippen molar-refractivity contribution in [1.82, 2.24) is 4.90 Å². The lowest BCUT2D eigenvalue weighted by Gasteiger charge is -2.47. The van der Waals surface area contributed by atoms with Crippen molar-refractivity contribution in [2.75, 3.05) is 14.2 Å². The number of rotatable bonds is 3. The van der Waals surface area contributed by atoms with Gasteiger partial charge >= 0.3 is 5.97 Å². The van der Waals surface area contributed by atoms with E-state index in [4.69, 9.17) is 4.74 Å². The minimum atomic E-state index is -0.00655. The van der Waals surface area contributed by atoms with E-state index in [1.165, 1.54) is 52.1 Å². The minimum absolute atomic E-state index is 0.00655. The van der Waals surface area contributed by atoms with E-state index >= 15 is 0 Å². The number of hydrogen-bond donors (Lipinski definition) is 0. The third-order valence-electron chi connectivity index (χ3n) is 6.78. The zero-order valence-corrected chi connectivity index (χ0v) is 13.9. The van der Waals surface area contributed by atoms with Crippen LogP contribution in [0.2, 0.25) is 0 Å². The molecule has 2 heterocycles. The third kappa shape index (κ3) is 2.99. The maximum absolute atomic E-state index is 11.9. The zero-order valence-electron chi connectivity index (χ0n) is 13.9. The molecule has 0 aromatic carbocycles. The number of carbonyl (C=O) groups is 1. The quantitative estimate of drug-likeness (QED) is 0.746. The van der Waals surface area contributed by atoms with E-state index in [2.05, 4.69) is 18.9 Å². The van der Waals surface area contributed by atoms with E-state index in [-0.39, 0.29) is 5.97 Å². The maximum atomic E-state index is 11.9. The first kappa shape index (κ1) is 15.3. The van der Waals surface area contributed by atoms with Gasteiger partial charge in [-0.2, -0.15) is 0 Å². The molecule has 1 aliphatic carbocycles. The van der Waals surface area contributed by atoms with Crippen LogP contribution in [-0.2, 0) is 9.53 Å². The molecule has 0 spiro atoms. The summed E-state index contributed by atoms with van der Waals surface area (Å²) in [6.07, 6.45) is 10.1. The largest absolute Gasteiger partial charge is 0.469 e. The Labute approximate surface area is 129 Å². The van der Waals surface area contributed by atoms with Crippen molar-refractivity contribution in [3.8, 4) is 0 Å². The second-order valence-corrected chi connectivity index (χ2v) is 7.83. The van der Waals surface area contributed by atoms with Crippen molar-refractivity contribution in [3.63, 3.8) is 0 Å². The van der Waals surface area contributed by atoms with Crippen LogP contribution in [0.25, 0.3) is 0 Å². The molecule has 21 heavy (non-hydrogen) atoms. The summed E-state index contributed by atoms with van der Waals surface area (Å²) in [6, 6.07) is 1.39. The SMILES string of the molecule is COC(=O)CC1C(C2CCC(C)CC2)CC2CCC1N2C. The molecule has 3 heteroatoms. The van der Waals surface area contributed by atoms with Gasteiger partial charge in [0.25, 0.3) is 0 Å². The van der Waals surface area contributed by atoms with E-state index in [1.807, 2.05) is 0 Å². The molecule has 3 fully saturated rings. The molecule has 4 atom stereocenters. The third-order valence-corrected chi connectivity index (χ3v) is 6.78. The highest BCUT2D eigenvalue weighted by Gasteiger charge is 2.48. The minimum Gasteiger partial charge on any atom is -0.469 e. The Kier molecular flexibility index (Phi) is 4.58. The van der Waals surface area contributed by atoms with Gasteiger partial charge in [-0.3, -0.25) is 4.79 Å². The number of methoxy groups -OCH3 is 1. The number of ether oxygens (including phenoxy) is 1. The predicted molar refractivity (Wildman–Crippen MR) is 83.9 cm³/mol. The van der Waals surface area contributed by atoms with Crippen LogP contribution in [0.4, 0.5) is 0 Å². The van der Waals surface area contributed by atoms with Crippen LogP contribution in [0, 0.1) is 23.7 Å². The lowest BCUT2D eigenvalue weighted by atomic mass is 9.66. The average Bonchev–Trinajstić information content (AvgIpc) is 2.73. The Morgan fingerprint density at radius 1 is 1.14 bits per heavy atom. The maximum Gasteiger partial charge on any atom is 0.305 e. The van der Waals surface area contributed by atoms with Crippen LogP contribution >= 0.6 is 0 Å². The molecule has 3 rings (SSSR count). The highest BCUT2D eigenvalue weighted by molar-refractivity contribution is 5.69. The monoisotopic (exact) mass is 293 g/mol. The fourth-order valence-corrected chi connectivity index (χ4v) is 5.43. The van der Waals surface area contributed by atoms with E-state index in [0.29, 0.717) is 18.4 Å². The van der Waals surface area contributed by atoms with Crippen molar-refractivity contribution in [3.05, 3.63) is 0 Å². The molecule has 0 aromatic rings. The van der Waals surface area contributed by atoms with Crippen molar-refractivity contribution in [2.45, 2.75) is 70.4 Å². The molecule has 4 unspecified atom stereocenters. The summed E-state index contributed by atoms with van der Waals surface area (Å²) >= 11 is 0. The lowest BCUT2D eigenvalue weighted by molar-refractivity contribution is -0.144. The Morgan fingerprint density at radius 3 is 2.52 bits per heavy atom. The average molecular weight is 293 g/mol. The smallest absolute Gasteiger partial charge is 0.305 e. The summed E-state index contributed by atoms with van der Waals surface area (Å²) in [5, 5.41) is 0. The van der Waals surface area contributed by atoms with Gasteiger partial charge in [0.05, 0.1) is 13.5 Å². The molecule has 3 nitrogen and oxygen atoms in total. The molecule has 1 saturated carbocycles. The topological polar surface area (TPSA) is 29.5 Å². The van der Waals surface area contributed by atoms with E-state index in [9.17, 15) is 4.79 Å². The van der Waals surface area contributed by atoms with Gasteiger partial charge in [0.15, 0.2) is 0 Å². The fraction of sp³-hybridized carbons (Fsp3) is 0.944. The summed E-state index contributed by atoms with van der Waals surface area (Å²) in [4.78, 5) is 14.5. The van der Waals surface area contributed by atoms with Gasteiger partial charge in [-0.25, -0.2) is 0 Å². The first-order valence-electron chi connectivity index (χ1n) is 8.89. The fourth-order valence-electron chi connectivity index (χ4n) is 5.43. The summed E-state index contributed by atoms with van der Waals surface area (Å²) in [7, 11) is 3.80. The second kappa shape index (κ2) is 6.28. The molecule has 2 bridgehead atoms. The summed E-state index contributed by atoms with van der Waals surface area (Å²) < 4.78 is 4.99. The first-order valence-corrected chi connectivity index (χ1v) is 8.89. The van der Waals surface area contributed by atoms with E-state index in [0.717, 1.165) is 23.8 Å². The van der Waals surface area contributed by atoms with Crippen LogP contribution in [0.3, 0.4) is 0 Å². The van der Waals surface area contributed by atoms with Crippen LogP contribution in [0.5, 0.6) is 0 Å². The van der Waals surface area contributed by atoms with Gasteiger partial charge in [0.2, 0.25) is 0 Å². The van der Waals surface area contributed by atoms with Crippen molar-refractivity contribution >= 4 is 5.97 Å². The molecule has 2 aliphatic heterocycles. The van der Waals surface area contributed by atoms with Crippen LogP contribution in [0.1, 0.15) is 58.3 Å². The molecule has 0 N–H and O–H groups in total. The molecule has 0 amide bonds.